The Balaban J connectivity index is 1.75. The summed E-state index contributed by atoms with van der Waals surface area (Å²) in [5.74, 6) is 2.55. The zero-order valence-corrected chi connectivity index (χ0v) is 13.5. The van der Waals surface area contributed by atoms with Crippen molar-refractivity contribution < 1.29 is 4.79 Å². The molecule has 0 aliphatic carbocycles. The predicted molar refractivity (Wildman–Crippen MR) is 91.0 cm³/mol. The van der Waals surface area contributed by atoms with Crippen molar-refractivity contribution in [3.05, 3.63) is 42.2 Å². The Morgan fingerprint density at radius 3 is 2.43 bits per heavy atom. The molecule has 1 aliphatic rings. The highest BCUT2D eigenvalue weighted by molar-refractivity contribution is 5.73. The van der Waals surface area contributed by atoms with E-state index < -0.39 is 0 Å². The molecule has 6 nitrogen and oxygen atoms in total. The van der Waals surface area contributed by atoms with E-state index in [2.05, 4.69) is 20.2 Å². The smallest absolute Gasteiger partial charge is 0.219 e. The van der Waals surface area contributed by atoms with E-state index in [4.69, 9.17) is 0 Å². The Hall–Kier alpha value is -2.63. The molecule has 1 fully saturated rings. The van der Waals surface area contributed by atoms with Crippen molar-refractivity contribution in [2.45, 2.75) is 13.8 Å². The van der Waals surface area contributed by atoms with Crippen LogP contribution in [0.25, 0.3) is 0 Å². The molecule has 0 spiro atoms. The Morgan fingerprint density at radius 2 is 1.78 bits per heavy atom. The van der Waals surface area contributed by atoms with Crippen molar-refractivity contribution in [2.75, 3.05) is 36.4 Å². The maximum atomic E-state index is 11.4. The second-order valence-corrected chi connectivity index (χ2v) is 5.64. The van der Waals surface area contributed by atoms with Crippen LogP contribution >= 0.6 is 0 Å². The molecule has 6 heteroatoms. The molecule has 1 amide bonds. The van der Waals surface area contributed by atoms with E-state index in [-0.39, 0.29) is 5.91 Å². The van der Waals surface area contributed by atoms with Gasteiger partial charge < -0.3 is 15.1 Å². The van der Waals surface area contributed by atoms with Crippen molar-refractivity contribution in [1.82, 2.24) is 14.9 Å². The summed E-state index contributed by atoms with van der Waals surface area (Å²) < 4.78 is 0. The van der Waals surface area contributed by atoms with E-state index >= 15 is 0 Å². The van der Waals surface area contributed by atoms with Gasteiger partial charge in [0.05, 0.1) is 0 Å². The molecule has 23 heavy (non-hydrogen) atoms. The van der Waals surface area contributed by atoms with Gasteiger partial charge in [-0.1, -0.05) is 18.2 Å². The van der Waals surface area contributed by atoms with E-state index in [0.717, 1.165) is 49.3 Å². The molecular formula is C17H21N5O. The summed E-state index contributed by atoms with van der Waals surface area (Å²) in [7, 11) is 0. The first-order valence-electron chi connectivity index (χ1n) is 7.80. The molecule has 0 atom stereocenters. The summed E-state index contributed by atoms with van der Waals surface area (Å²) in [5, 5.41) is 3.31. The largest absolute Gasteiger partial charge is 0.353 e. The Labute approximate surface area is 136 Å². The van der Waals surface area contributed by atoms with Gasteiger partial charge in [0.1, 0.15) is 17.5 Å². The van der Waals surface area contributed by atoms with Gasteiger partial charge in [-0.3, -0.25) is 4.79 Å². The lowest BCUT2D eigenvalue weighted by Crippen LogP contribution is -2.48. The second kappa shape index (κ2) is 6.64. The van der Waals surface area contributed by atoms with Crippen LogP contribution in [-0.4, -0.2) is 47.0 Å². The first-order chi connectivity index (χ1) is 11.1. The highest BCUT2D eigenvalue weighted by Crippen LogP contribution is 2.20. The molecule has 0 bridgehead atoms. The van der Waals surface area contributed by atoms with Gasteiger partial charge in [-0.2, -0.15) is 0 Å². The number of amides is 1. The first kappa shape index (κ1) is 15.3. The van der Waals surface area contributed by atoms with Crippen LogP contribution in [0.4, 0.5) is 17.3 Å². The highest BCUT2D eigenvalue weighted by Gasteiger charge is 2.20. The minimum atomic E-state index is 0.134. The third-order valence-corrected chi connectivity index (χ3v) is 3.92. The lowest BCUT2D eigenvalue weighted by Gasteiger charge is -2.35. The van der Waals surface area contributed by atoms with Gasteiger partial charge in [-0.15, -0.1) is 0 Å². The number of hydrogen-bond donors (Lipinski definition) is 1. The van der Waals surface area contributed by atoms with Gasteiger partial charge in [-0.25, -0.2) is 9.97 Å². The van der Waals surface area contributed by atoms with Crippen LogP contribution in [0.3, 0.4) is 0 Å². The monoisotopic (exact) mass is 311 g/mol. The van der Waals surface area contributed by atoms with E-state index in [1.165, 1.54) is 0 Å². The fourth-order valence-corrected chi connectivity index (χ4v) is 2.70. The van der Waals surface area contributed by atoms with Crippen LogP contribution < -0.4 is 10.2 Å². The summed E-state index contributed by atoms with van der Waals surface area (Å²) in [6.07, 6.45) is 0. The topological polar surface area (TPSA) is 61.4 Å². The fourth-order valence-electron chi connectivity index (χ4n) is 2.70. The average Bonchev–Trinajstić information content (AvgIpc) is 2.55. The molecule has 1 aromatic carbocycles. The minimum Gasteiger partial charge on any atom is -0.353 e. The zero-order chi connectivity index (χ0) is 16.2. The van der Waals surface area contributed by atoms with Gasteiger partial charge in [0.2, 0.25) is 5.91 Å². The number of piperazine rings is 1. The lowest BCUT2D eigenvalue weighted by molar-refractivity contribution is -0.129. The van der Waals surface area contributed by atoms with E-state index in [1.54, 1.807) is 6.92 Å². The number of rotatable bonds is 3. The van der Waals surface area contributed by atoms with E-state index in [0.29, 0.717) is 0 Å². The van der Waals surface area contributed by atoms with Crippen molar-refractivity contribution in [2.24, 2.45) is 0 Å². The highest BCUT2D eigenvalue weighted by atomic mass is 16.2. The SMILES string of the molecule is CC(=O)N1CCN(c2cc(Nc3ccccc3)nc(C)n2)CC1. The summed E-state index contributed by atoms with van der Waals surface area (Å²) in [5.41, 5.74) is 0.998. The summed E-state index contributed by atoms with van der Waals surface area (Å²) >= 11 is 0. The second-order valence-electron chi connectivity index (χ2n) is 5.64. The normalized spacial score (nSPS) is 14.7. The Morgan fingerprint density at radius 1 is 1.09 bits per heavy atom. The average molecular weight is 311 g/mol. The molecule has 1 aliphatic heterocycles. The van der Waals surface area contributed by atoms with Crippen LogP contribution in [0.15, 0.2) is 36.4 Å². The third kappa shape index (κ3) is 3.77. The molecule has 2 heterocycles. The van der Waals surface area contributed by atoms with Crippen LogP contribution in [0.2, 0.25) is 0 Å². The van der Waals surface area contributed by atoms with E-state index in [1.807, 2.05) is 48.2 Å². The van der Waals surface area contributed by atoms with Gasteiger partial charge in [0.15, 0.2) is 0 Å². The summed E-state index contributed by atoms with van der Waals surface area (Å²) in [6, 6.07) is 11.9. The quantitative estimate of drug-likeness (QED) is 0.941. The maximum absolute atomic E-state index is 11.4. The number of nitrogens with one attached hydrogen (secondary N) is 1. The van der Waals surface area contributed by atoms with Crippen LogP contribution in [-0.2, 0) is 4.79 Å². The van der Waals surface area contributed by atoms with Gasteiger partial charge in [-0.05, 0) is 19.1 Å². The molecular weight excluding hydrogens is 290 g/mol. The molecule has 120 valence electrons. The lowest BCUT2D eigenvalue weighted by atomic mass is 10.3. The van der Waals surface area contributed by atoms with Crippen LogP contribution in [0.1, 0.15) is 12.7 Å². The number of aryl methyl sites for hydroxylation is 1. The van der Waals surface area contributed by atoms with Gasteiger partial charge in [0, 0.05) is 44.9 Å². The number of benzene rings is 1. The molecule has 0 radical (unpaired) electrons. The summed E-state index contributed by atoms with van der Waals surface area (Å²) in [4.78, 5) is 24.5. The van der Waals surface area contributed by atoms with Crippen molar-refractivity contribution in [3.63, 3.8) is 0 Å². The standard InChI is InChI=1S/C17H21N5O/c1-13-18-16(20-15-6-4-3-5-7-15)12-17(19-13)22-10-8-21(9-11-22)14(2)23/h3-7,12H,8-11H2,1-2H3,(H,18,19,20). The molecule has 0 saturated carbocycles. The number of para-hydroxylation sites is 1. The fraction of sp³-hybridized carbons (Fsp3) is 0.353. The number of carbonyl (C=O) groups excluding carboxylic acids is 1. The number of carbonyl (C=O) groups is 1. The molecule has 3 rings (SSSR count). The van der Waals surface area contributed by atoms with E-state index in [9.17, 15) is 4.79 Å². The zero-order valence-electron chi connectivity index (χ0n) is 13.5. The van der Waals surface area contributed by atoms with Crippen LogP contribution in [0.5, 0.6) is 0 Å². The predicted octanol–water partition coefficient (Wildman–Crippen LogP) is 2.20. The molecule has 0 unspecified atom stereocenters. The van der Waals surface area contributed by atoms with Crippen molar-refractivity contribution >= 4 is 23.2 Å². The summed E-state index contributed by atoms with van der Waals surface area (Å²) in [6.45, 7) is 6.57. The molecule has 1 aromatic heterocycles. The third-order valence-electron chi connectivity index (χ3n) is 3.92. The number of anilines is 3. The molecule has 2 aromatic rings. The number of aromatic nitrogens is 2. The van der Waals surface area contributed by atoms with Gasteiger partial charge >= 0.3 is 0 Å². The Bertz CT molecular complexity index is 681. The van der Waals surface area contributed by atoms with Crippen LogP contribution in [0, 0.1) is 6.92 Å². The maximum Gasteiger partial charge on any atom is 0.219 e. The van der Waals surface area contributed by atoms with Crippen molar-refractivity contribution in [3.8, 4) is 0 Å². The molecule has 1 N–H and O–H groups in total. The van der Waals surface area contributed by atoms with Gasteiger partial charge in [0.25, 0.3) is 0 Å². The Kier molecular flexibility index (Phi) is 4.41. The minimum absolute atomic E-state index is 0.134. The molecule has 1 saturated heterocycles. The first-order valence-corrected chi connectivity index (χ1v) is 7.80. The number of nitrogens with zero attached hydrogens (tertiary/aromatic N) is 4. The number of hydrogen-bond acceptors (Lipinski definition) is 5. The van der Waals surface area contributed by atoms with Crippen molar-refractivity contribution in [1.29, 1.82) is 0 Å².